The van der Waals surface area contributed by atoms with Crippen LogP contribution in [0.5, 0.6) is 0 Å². The number of carbonyl (C=O) groups is 1. The molecule has 1 aliphatic carbocycles. The third-order valence-corrected chi connectivity index (χ3v) is 4.94. The quantitative estimate of drug-likeness (QED) is 0.589. The molecule has 1 amide bonds. The minimum Gasteiger partial charge on any atom is -0.384 e. The molecule has 0 bridgehead atoms. The molecule has 3 rings (SSSR count). The molecule has 2 fully saturated rings. The smallest absolute Gasteiger partial charge is 0.280 e. The second-order valence-corrected chi connectivity index (χ2v) is 7.76. The SMILES string of the molecule is CS(=O)(=O)N[C@H]1[C@H](NC(=O)CCc2cc(=O)[nH]o2)[C@@H]2CCO[C@@H]21. The molecule has 1 aliphatic heterocycles. The van der Waals surface area contributed by atoms with Crippen LogP contribution in [0.3, 0.4) is 0 Å². The number of hydrogen-bond donors (Lipinski definition) is 3. The van der Waals surface area contributed by atoms with E-state index in [1.54, 1.807) is 0 Å². The Bertz CT molecular complexity index is 739. The van der Waals surface area contributed by atoms with Crippen LogP contribution in [0.1, 0.15) is 18.6 Å². The monoisotopic (exact) mass is 345 g/mol. The van der Waals surface area contributed by atoms with Crippen molar-refractivity contribution in [3.8, 4) is 0 Å². The van der Waals surface area contributed by atoms with Crippen LogP contribution in [0.15, 0.2) is 15.4 Å². The highest BCUT2D eigenvalue weighted by atomic mass is 32.2. The average Bonchev–Trinajstić information content (AvgIpc) is 3.06. The fourth-order valence-corrected chi connectivity index (χ4v) is 4.01. The number of ether oxygens (including phenoxy) is 1. The predicted octanol–water partition coefficient (Wildman–Crippen LogP) is -1.28. The molecule has 1 aromatic rings. The van der Waals surface area contributed by atoms with Crippen LogP contribution in [0.2, 0.25) is 0 Å². The van der Waals surface area contributed by atoms with Crippen LogP contribution in [0.25, 0.3) is 0 Å². The van der Waals surface area contributed by atoms with E-state index in [1.165, 1.54) is 6.07 Å². The maximum absolute atomic E-state index is 12.1. The van der Waals surface area contributed by atoms with Gasteiger partial charge in [-0.15, -0.1) is 0 Å². The minimum atomic E-state index is -3.38. The van der Waals surface area contributed by atoms with Crippen LogP contribution in [0.4, 0.5) is 0 Å². The number of aryl methyl sites for hydroxylation is 1. The van der Waals surface area contributed by atoms with Gasteiger partial charge in [0.15, 0.2) is 0 Å². The number of H-pyrrole nitrogens is 1. The van der Waals surface area contributed by atoms with Gasteiger partial charge in [0.25, 0.3) is 5.56 Å². The van der Waals surface area contributed by atoms with Gasteiger partial charge in [-0.3, -0.25) is 9.59 Å². The van der Waals surface area contributed by atoms with Crippen molar-refractivity contribution in [2.45, 2.75) is 37.5 Å². The molecule has 10 heteroatoms. The third-order valence-electron chi connectivity index (χ3n) is 4.24. The Labute approximate surface area is 132 Å². The molecule has 4 atom stereocenters. The van der Waals surface area contributed by atoms with Crippen LogP contribution in [-0.4, -0.2) is 50.5 Å². The molecule has 9 nitrogen and oxygen atoms in total. The summed E-state index contributed by atoms with van der Waals surface area (Å²) >= 11 is 0. The lowest BCUT2D eigenvalue weighted by Gasteiger charge is -2.47. The number of aromatic nitrogens is 1. The summed E-state index contributed by atoms with van der Waals surface area (Å²) in [5.41, 5.74) is -0.345. The zero-order valence-corrected chi connectivity index (χ0v) is 13.4. The van der Waals surface area contributed by atoms with Crippen LogP contribution < -0.4 is 15.6 Å². The van der Waals surface area contributed by atoms with E-state index in [0.717, 1.165) is 12.7 Å². The molecule has 128 valence electrons. The predicted molar refractivity (Wildman–Crippen MR) is 79.2 cm³/mol. The van der Waals surface area contributed by atoms with Crippen molar-refractivity contribution < 1.29 is 22.5 Å². The van der Waals surface area contributed by atoms with Crippen molar-refractivity contribution in [3.63, 3.8) is 0 Å². The van der Waals surface area contributed by atoms with E-state index in [0.29, 0.717) is 18.8 Å². The van der Waals surface area contributed by atoms with Gasteiger partial charge in [-0.05, 0) is 6.42 Å². The summed E-state index contributed by atoms with van der Waals surface area (Å²) in [5.74, 6) is 0.319. The topological polar surface area (TPSA) is 130 Å². The number of hydrogen-bond acceptors (Lipinski definition) is 6. The van der Waals surface area contributed by atoms with Gasteiger partial charge in [0.05, 0.1) is 24.4 Å². The number of aromatic amines is 1. The second-order valence-electron chi connectivity index (χ2n) is 5.98. The molecular weight excluding hydrogens is 326 g/mol. The highest BCUT2D eigenvalue weighted by molar-refractivity contribution is 7.88. The third kappa shape index (κ3) is 3.65. The Morgan fingerprint density at radius 3 is 2.87 bits per heavy atom. The molecule has 23 heavy (non-hydrogen) atoms. The van der Waals surface area contributed by atoms with Crippen molar-refractivity contribution in [2.75, 3.05) is 12.9 Å². The summed E-state index contributed by atoms with van der Waals surface area (Å²) in [6.45, 7) is 0.568. The maximum atomic E-state index is 12.1. The fourth-order valence-electron chi connectivity index (χ4n) is 3.23. The Morgan fingerprint density at radius 1 is 1.43 bits per heavy atom. The highest BCUT2D eigenvalue weighted by Gasteiger charge is 2.55. The largest absolute Gasteiger partial charge is 0.384 e. The molecule has 0 unspecified atom stereocenters. The summed E-state index contributed by atoms with van der Waals surface area (Å²) in [4.78, 5) is 23.0. The Morgan fingerprint density at radius 2 is 2.22 bits per heavy atom. The zero-order chi connectivity index (χ0) is 16.6. The second kappa shape index (κ2) is 6.10. The Balaban J connectivity index is 1.56. The van der Waals surface area contributed by atoms with E-state index in [-0.39, 0.29) is 36.0 Å². The van der Waals surface area contributed by atoms with E-state index in [9.17, 15) is 18.0 Å². The lowest BCUT2D eigenvalue weighted by Crippen LogP contribution is -2.70. The van der Waals surface area contributed by atoms with Crippen LogP contribution in [0, 0.1) is 5.92 Å². The van der Waals surface area contributed by atoms with E-state index in [4.69, 9.17) is 9.26 Å². The Kier molecular flexibility index (Phi) is 4.30. The van der Waals surface area contributed by atoms with Crippen molar-refractivity contribution >= 4 is 15.9 Å². The zero-order valence-electron chi connectivity index (χ0n) is 12.6. The van der Waals surface area contributed by atoms with Gasteiger partial charge in [0.1, 0.15) is 5.76 Å². The van der Waals surface area contributed by atoms with Crippen molar-refractivity contribution in [3.05, 3.63) is 22.2 Å². The number of carbonyl (C=O) groups excluding carboxylic acids is 1. The van der Waals surface area contributed by atoms with Crippen molar-refractivity contribution in [2.24, 2.45) is 5.92 Å². The number of fused-ring (bicyclic) bond motifs is 1. The number of rotatable bonds is 6. The van der Waals surface area contributed by atoms with Gasteiger partial charge < -0.3 is 14.6 Å². The fraction of sp³-hybridized carbons (Fsp3) is 0.692. The minimum absolute atomic E-state index is 0.128. The van der Waals surface area contributed by atoms with Gasteiger partial charge in [-0.1, -0.05) is 0 Å². The lowest BCUT2D eigenvalue weighted by molar-refractivity contribution is -0.125. The van der Waals surface area contributed by atoms with E-state index in [1.807, 2.05) is 0 Å². The first-order chi connectivity index (χ1) is 10.8. The molecule has 0 aromatic carbocycles. The molecule has 0 spiro atoms. The van der Waals surface area contributed by atoms with E-state index < -0.39 is 16.1 Å². The molecule has 0 radical (unpaired) electrons. The summed E-state index contributed by atoms with van der Waals surface area (Å²) in [6.07, 6.45) is 2.15. The van der Waals surface area contributed by atoms with Gasteiger partial charge in [-0.25, -0.2) is 13.1 Å². The standard InChI is InChI=1S/C13H19N3O6S/c1-23(19,20)16-12-11(8-4-5-21-13(8)12)14-9(17)3-2-7-6-10(18)15-22-7/h6,8,11-13,16H,2-5H2,1H3,(H,14,17)(H,15,18)/t8-,11+,12-,13-/m0/s1. The molecule has 1 saturated heterocycles. The van der Waals surface area contributed by atoms with Gasteiger partial charge in [0, 0.05) is 31.4 Å². The molecule has 1 aromatic heterocycles. The number of nitrogens with one attached hydrogen (secondary N) is 3. The molecule has 2 heterocycles. The number of sulfonamides is 1. The van der Waals surface area contributed by atoms with Gasteiger partial charge in [-0.2, -0.15) is 5.16 Å². The van der Waals surface area contributed by atoms with Gasteiger partial charge >= 0.3 is 0 Å². The van der Waals surface area contributed by atoms with E-state index >= 15 is 0 Å². The molecule has 3 N–H and O–H groups in total. The molecule has 2 aliphatic rings. The molecule has 1 saturated carbocycles. The molecular formula is C13H19N3O6S. The summed E-state index contributed by atoms with van der Waals surface area (Å²) in [6, 6.07) is 0.584. The summed E-state index contributed by atoms with van der Waals surface area (Å²) in [5, 5.41) is 5.02. The van der Waals surface area contributed by atoms with Crippen molar-refractivity contribution in [1.82, 2.24) is 15.2 Å². The highest BCUT2D eigenvalue weighted by Crippen LogP contribution is 2.39. The van der Waals surface area contributed by atoms with Crippen LogP contribution in [-0.2, 0) is 26.0 Å². The lowest BCUT2D eigenvalue weighted by atomic mass is 9.72. The van der Waals surface area contributed by atoms with Crippen LogP contribution >= 0.6 is 0 Å². The summed E-state index contributed by atoms with van der Waals surface area (Å²) < 4.78 is 35.8. The Hall–Kier alpha value is -1.65. The average molecular weight is 345 g/mol. The van der Waals surface area contributed by atoms with Crippen molar-refractivity contribution in [1.29, 1.82) is 0 Å². The first-order valence-corrected chi connectivity index (χ1v) is 9.28. The number of amides is 1. The first-order valence-electron chi connectivity index (χ1n) is 7.39. The van der Waals surface area contributed by atoms with Gasteiger partial charge in [0.2, 0.25) is 15.9 Å². The maximum Gasteiger partial charge on any atom is 0.280 e. The summed E-state index contributed by atoms with van der Waals surface area (Å²) in [7, 11) is -3.38. The first kappa shape index (κ1) is 16.2. The van der Waals surface area contributed by atoms with E-state index in [2.05, 4.69) is 15.2 Å². The normalized spacial score (nSPS) is 29.8.